The quantitative estimate of drug-likeness (QED) is 0.942. The van der Waals surface area contributed by atoms with Gasteiger partial charge in [0, 0.05) is 25.8 Å². The number of nitrogens with zero attached hydrogens (tertiary/aromatic N) is 3. The Hall–Kier alpha value is -2.43. The molecule has 5 nitrogen and oxygen atoms in total. The van der Waals surface area contributed by atoms with Crippen LogP contribution in [0.15, 0.2) is 36.5 Å². The number of rotatable bonds is 4. The molecule has 1 N–H and O–H groups in total. The van der Waals surface area contributed by atoms with Crippen LogP contribution in [0.3, 0.4) is 0 Å². The Labute approximate surface area is 130 Å². The zero-order chi connectivity index (χ0) is 15.4. The highest BCUT2D eigenvalue weighted by atomic mass is 16.2. The number of aromatic nitrogens is 2. The number of carbonyl (C=O) groups excluding carboxylic acids is 1. The fourth-order valence-corrected chi connectivity index (χ4v) is 2.53. The average molecular weight is 296 g/mol. The predicted octanol–water partition coefficient (Wildman–Crippen LogP) is 2.63. The lowest BCUT2D eigenvalue weighted by atomic mass is 10.1. The highest BCUT2D eigenvalue weighted by Crippen LogP contribution is 2.12. The third-order valence-electron chi connectivity index (χ3n) is 3.84. The minimum absolute atomic E-state index is 0.00159. The Bertz CT molecular complexity index is 648. The van der Waals surface area contributed by atoms with E-state index in [1.807, 2.05) is 4.90 Å². The first-order valence-electron chi connectivity index (χ1n) is 7.64. The molecular weight excluding hydrogens is 276 g/mol. The molecule has 22 heavy (non-hydrogen) atoms. The molecule has 0 saturated carbocycles. The molecule has 0 spiro atoms. The van der Waals surface area contributed by atoms with E-state index in [9.17, 15) is 4.79 Å². The molecule has 5 heteroatoms. The molecule has 1 aliphatic heterocycles. The van der Waals surface area contributed by atoms with Gasteiger partial charge in [-0.05, 0) is 31.4 Å². The lowest BCUT2D eigenvalue weighted by Gasteiger charge is -2.14. The minimum Gasteiger partial charge on any atom is -0.350 e. The van der Waals surface area contributed by atoms with Crippen LogP contribution < -0.4 is 5.32 Å². The minimum atomic E-state index is -0.00159. The summed E-state index contributed by atoms with van der Waals surface area (Å²) in [7, 11) is 0. The molecule has 2 aromatic rings. The molecule has 114 valence electrons. The fraction of sp³-hybridized carbons (Fsp3) is 0.353. The summed E-state index contributed by atoms with van der Waals surface area (Å²) in [6.45, 7) is 4.36. The Morgan fingerprint density at radius 2 is 1.91 bits per heavy atom. The van der Waals surface area contributed by atoms with Crippen LogP contribution in [0, 0.1) is 6.92 Å². The average Bonchev–Trinajstić information content (AvgIpc) is 3.08. The third kappa shape index (κ3) is 3.42. The number of nitrogens with one attached hydrogen (secondary N) is 1. The van der Waals surface area contributed by atoms with Crippen molar-refractivity contribution in [1.82, 2.24) is 14.9 Å². The summed E-state index contributed by atoms with van der Waals surface area (Å²) in [6, 6.07) is 9.97. The van der Waals surface area contributed by atoms with E-state index in [-0.39, 0.29) is 5.91 Å². The fourth-order valence-electron chi connectivity index (χ4n) is 2.53. The second kappa shape index (κ2) is 6.56. The van der Waals surface area contributed by atoms with E-state index in [4.69, 9.17) is 0 Å². The van der Waals surface area contributed by atoms with Gasteiger partial charge in [0.1, 0.15) is 5.69 Å². The first kappa shape index (κ1) is 14.5. The smallest absolute Gasteiger partial charge is 0.272 e. The van der Waals surface area contributed by atoms with Crippen molar-refractivity contribution in [3.05, 3.63) is 53.3 Å². The SMILES string of the molecule is Cc1ccc(CNc2nccc(C(=O)N3CCCC3)n2)cc1. The Morgan fingerprint density at radius 1 is 1.18 bits per heavy atom. The van der Waals surface area contributed by atoms with Gasteiger partial charge in [-0.15, -0.1) is 0 Å². The monoisotopic (exact) mass is 296 g/mol. The number of likely N-dealkylation sites (tertiary alicyclic amines) is 1. The van der Waals surface area contributed by atoms with Gasteiger partial charge in [-0.3, -0.25) is 4.79 Å². The van der Waals surface area contributed by atoms with Crippen molar-refractivity contribution in [3.63, 3.8) is 0 Å². The molecule has 1 aromatic heterocycles. The summed E-state index contributed by atoms with van der Waals surface area (Å²) in [6.07, 6.45) is 3.79. The van der Waals surface area contributed by atoms with Gasteiger partial charge in [0.15, 0.2) is 0 Å². The third-order valence-corrected chi connectivity index (χ3v) is 3.84. The summed E-state index contributed by atoms with van der Waals surface area (Å²) in [5.41, 5.74) is 2.85. The van der Waals surface area contributed by atoms with Crippen molar-refractivity contribution in [2.24, 2.45) is 0 Å². The van der Waals surface area contributed by atoms with E-state index in [0.29, 0.717) is 18.2 Å². The van der Waals surface area contributed by atoms with E-state index in [1.54, 1.807) is 12.3 Å². The number of amides is 1. The Kier molecular flexibility index (Phi) is 4.32. The number of carbonyl (C=O) groups is 1. The standard InChI is InChI=1S/C17H20N4O/c1-13-4-6-14(7-5-13)12-19-17-18-9-8-15(20-17)16(22)21-10-2-3-11-21/h4-9H,2-3,10-12H2,1H3,(H,18,19,20). The number of anilines is 1. The molecule has 1 fully saturated rings. The van der Waals surface area contributed by atoms with E-state index in [2.05, 4.69) is 46.5 Å². The van der Waals surface area contributed by atoms with Crippen LogP contribution in [0.5, 0.6) is 0 Å². The molecule has 0 bridgehead atoms. The summed E-state index contributed by atoms with van der Waals surface area (Å²) in [4.78, 5) is 22.7. The molecule has 0 unspecified atom stereocenters. The maximum absolute atomic E-state index is 12.3. The summed E-state index contributed by atoms with van der Waals surface area (Å²) in [5, 5.41) is 3.17. The van der Waals surface area contributed by atoms with Crippen molar-refractivity contribution in [1.29, 1.82) is 0 Å². The topological polar surface area (TPSA) is 58.1 Å². The zero-order valence-electron chi connectivity index (χ0n) is 12.7. The lowest BCUT2D eigenvalue weighted by Crippen LogP contribution is -2.28. The molecule has 1 saturated heterocycles. The van der Waals surface area contributed by atoms with Crippen LogP contribution in [-0.2, 0) is 6.54 Å². The van der Waals surface area contributed by atoms with E-state index < -0.39 is 0 Å². The van der Waals surface area contributed by atoms with Gasteiger partial charge in [-0.25, -0.2) is 9.97 Å². The van der Waals surface area contributed by atoms with Gasteiger partial charge in [0.25, 0.3) is 5.91 Å². The molecule has 2 heterocycles. The normalized spacial score (nSPS) is 14.1. The van der Waals surface area contributed by atoms with E-state index in [1.165, 1.54) is 5.56 Å². The Morgan fingerprint density at radius 3 is 2.64 bits per heavy atom. The van der Waals surface area contributed by atoms with Crippen LogP contribution >= 0.6 is 0 Å². The van der Waals surface area contributed by atoms with Crippen molar-refractivity contribution < 1.29 is 4.79 Å². The van der Waals surface area contributed by atoms with Gasteiger partial charge >= 0.3 is 0 Å². The molecule has 1 aliphatic rings. The van der Waals surface area contributed by atoms with Gasteiger partial charge in [-0.1, -0.05) is 29.8 Å². The van der Waals surface area contributed by atoms with Crippen LogP contribution in [0.4, 0.5) is 5.95 Å². The first-order valence-corrected chi connectivity index (χ1v) is 7.64. The first-order chi connectivity index (χ1) is 10.7. The summed E-state index contributed by atoms with van der Waals surface area (Å²) in [5.74, 6) is 0.490. The molecule has 1 aromatic carbocycles. The van der Waals surface area contributed by atoms with Crippen molar-refractivity contribution in [2.45, 2.75) is 26.3 Å². The van der Waals surface area contributed by atoms with Gasteiger partial charge < -0.3 is 10.2 Å². The lowest BCUT2D eigenvalue weighted by molar-refractivity contribution is 0.0787. The second-order valence-corrected chi connectivity index (χ2v) is 5.60. The highest BCUT2D eigenvalue weighted by molar-refractivity contribution is 5.92. The Balaban J connectivity index is 1.65. The molecule has 0 atom stereocenters. The molecule has 0 radical (unpaired) electrons. The van der Waals surface area contributed by atoms with Crippen LogP contribution in [0.1, 0.15) is 34.5 Å². The zero-order valence-corrected chi connectivity index (χ0v) is 12.7. The van der Waals surface area contributed by atoms with Crippen molar-refractivity contribution in [3.8, 4) is 0 Å². The van der Waals surface area contributed by atoms with E-state index in [0.717, 1.165) is 31.5 Å². The predicted molar refractivity (Wildman–Crippen MR) is 85.7 cm³/mol. The largest absolute Gasteiger partial charge is 0.350 e. The highest BCUT2D eigenvalue weighted by Gasteiger charge is 2.20. The summed E-state index contributed by atoms with van der Waals surface area (Å²) < 4.78 is 0. The second-order valence-electron chi connectivity index (χ2n) is 5.60. The van der Waals surface area contributed by atoms with Crippen molar-refractivity contribution >= 4 is 11.9 Å². The van der Waals surface area contributed by atoms with E-state index >= 15 is 0 Å². The van der Waals surface area contributed by atoms with Gasteiger partial charge in [-0.2, -0.15) is 0 Å². The molecular formula is C17H20N4O. The molecule has 0 aliphatic carbocycles. The molecule has 1 amide bonds. The number of hydrogen-bond acceptors (Lipinski definition) is 4. The van der Waals surface area contributed by atoms with Crippen molar-refractivity contribution in [2.75, 3.05) is 18.4 Å². The van der Waals surface area contributed by atoms with Crippen LogP contribution in [-0.4, -0.2) is 33.9 Å². The summed E-state index contributed by atoms with van der Waals surface area (Å²) >= 11 is 0. The maximum Gasteiger partial charge on any atom is 0.272 e. The van der Waals surface area contributed by atoms with Gasteiger partial charge in [0.2, 0.25) is 5.95 Å². The van der Waals surface area contributed by atoms with Crippen LogP contribution in [0.2, 0.25) is 0 Å². The number of hydrogen-bond donors (Lipinski definition) is 1. The van der Waals surface area contributed by atoms with Gasteiger partial charge in [0.05, 0.1) is 0 Å². The molecule has 3 rings (SSSR count). The number of aryl methyl sites for hydroxylation is 1. The van der Waals surface area contributed by atoms with Crippen LogP contribution in [0.25, 0.3) is 0 Å². The number of benzene rings is 1. The maximum atomic E-state index is 12.3.